The molecule has 80 valence electrons. The van der Waals surface area contributed by atoms with Gasteiger partial charge in [-0.25, -0.2) is 0 Å². The van der Waals surface area contributed by atoms with E-state index in [1.165, 1.54) is 0 Å². The highest BCUT2D eigenvalue weighted by molar-refractivity contribution is 5.17. The van der Waals surface area contributed by atoms with Crippen molar-refractivity contribution in [3.8, 4) is 0 Å². The van der Waals surface area contributed by atoms with Crippen LogP contribution in [0, 0.1) is 0 Å². The Bertz CT molecular complexity index is 296. The van der Waals surface area contributed by atoms with Crippen LogP contribution in [-0.4, -0.2) is 22.9 Å². The standard InChI is InChI=1S/C6H9F3N4O/c1-3(10)4-12-13-5(14-4)11-2-6(7,8)9/h3H,2,10H2,1H3,(H,11,13). The van der Waals surface area contributed by atoms with Gasteiger partial charge in [0.2, 0.25) is 5.89 Å². The second kappa shape index (κ2) is 3.82. The molecule has 0 spiro atoms. The number of alkyl halides is 3. The van der Waals surface area contributed by atoms with E-state index in [0.717, 1.165) is 0 Å². The van der Waals surface area contributed by atoms with Gasteiger partial charge in [0.1, 0.15) is 6.54 Å². The third-order valence-corrected chi connectivity index (χ3v) is 1.27. The average Bonchev–Trinajstić information content (AvgIpc) is 2.47. The predicted molar refractivity (Wildman–Crippen MR) is 41.4 cm³/mol. The van der Waals surface area contributed by atoms with Crippen molar-refractivity contribution in [2.24, 2.45) is 5.73 Å². The number of aromatic nitrogens is 2. The van der Waals surface area contributed by atoms with E-state index >= 15 is 0 Å². The third kappa shape index (κ3) is 3.21. The summed E-state index contributed by atoms with van der Waals surface area (Å²) in [7, 11) is 0. The number of hydrogen-bond donors (Lipinski definition) is 2. The smallest absolute Gasteiger partial charge is 0.405 e. The molecule has 0 bridgehead atoms. The molecule has 14 heavy (non-hydrogen) atoms. The number of hydrogen-bond acceptors (Lipinski definition) is 5. The Morgan fingerprint density at radius 2 is 2.14 bits per heavy atom. The van der Waals surface area contributed by atoms with Gasteiger partial charge in [-0.05, 0) is 6.92 Å². The lowest BCUT2D eigenvalue weighted by Gasteiger charge is -2.04. The lowest BCUT2D eigenvalue weighted by atomic mass is 10.4. The van der Waals surface area contributed by atoms with Crippen LogP contribution in [-0.2, 0) is 0 Å². The Labute approximate surface area is 77.5 Å². The van der Waals surface area contributed by atoms with Crippen LogP contribution >= 0.6 is 0 Å². The molecule has 8 heteroatoms. The quantitative estimate of drug-likeness (QED) is 0.780. The zero-order valence-electron chi connectivity index (χ0n) is 7.30. The molecule has 1 rings (SSSR count). The van der Waals surface area contributed by atoms with E-state index in [0.29, 0.717) is 0 Å². The number of anilines is 1. The highest BCUT2D eigenvalue weighted by Crippen LogP contribution is 2.16. The van der Waals surface area contributed by atoms with Crippen molar-refractivity contribution in [2.75, 3.05) is 11.9 Å². The molecular formula is C6H9F3N4O. The summed E-state index contributed by atoms with van der Waals surface area (Å²) in [5.41, 5.74) is 5.36. The highest BCUT2D eigenvalue weighted by Gasteiger charge is 2.27. The molecule has 0 aliphatic carbocycles. The Morgan fingerprint density at radius 3 is 2.57 bits per heavy atom. The summed E-state index contributed by atoms with van der Waals surface area (Å²) >= 11 is 0. The first-order valence-electron chi connectivity index (χ1n) is 3.78. The van der Waals surface area contributed by atoms with Crippen molar-refractivity contribution >= 4 is 6.01 Å². The topological polar surface area (TPSA) is 77.0 Å². The predicted octanol–water partition coefficient (Wildman–Crippen LogP) is 1.06. The summed E-state index contributed by atoms with van der Waals surface area (Å²) in [6.07, 6.45) is -4.32. The van der Waals surface area contributed by atoms with E-state index < -0.39 is 18.8 Å². The van der Waals surface area contributed by atoms with Gasteiger partial charge in [0.25, 0.3) is 0 Å². The summed E-state index contributed by atoms with van der Waals surface area (Å²) in [4.78, 5) is 0. The first kappa shape index (κ1) is 10.8. The van der Waals surface area contributed by atoms with Crippen molar-refractivity contribution in [3.05, 3.63) is 5.89 Å². The van der Waals surface area contributed by atoms with E-state index in [1.807, 2.05) is 5.32 Å². The molecule has 0 aliphatic rings. The third-order valence-electron chi connectivity index (χ3n) is 1.27. The highest BCUT2D eigenvalue weighted by atomic mass is 19.4. The van der Waals surface area contributed by atoms with E-state index in [4.69, 9.17) is 10.2 Å². The maximum atomic E-state index is 11.7. The summed E-state index contributed by atoms with van der Waals surface area (Å²) in [5.74, 6) is 0.0923. The number of rotatable bonds is 3. The first-order valence-corrected chi connectivity index (χ1v) is 3.78. The molecule has 1 aromatic heterocycles. The first-order chi connectivity index (χ1) is 6.38. The normalized spacial score (nSPS) is 14.1. The lowest BCUT2D eigenvalue weighted by molar-refractivity contribution is -0.115. The second-order valence-electron chi connectivity index (χ2n) is 2.70. The van der Waals surface area contributed by atoms with Gasteiger partial charge in [0.05, 0.1) is 6.04 Å². The Balaban J connectivity index is 2.52. The molecule has 0 aliphatic heterocycles. The van der Waals surface area contributed by atoms with Gasteiger partial charge in [-0.15, -0.1) is 5.10 Å². The van der Waals surface area contributed by atoms with Crippen LogP contribution in [0.2, 0.25) is 0 Å². The molecule has 1 atom stereocenters. The molecule has 5 nitrogen and oxygen atoms in total. The Hall–Kier alpha value is -1.31. The fourth-order valence-corrected chi connectivity index (χ4v) is 0.666. The molecule has 0 radical (unpaired) electrons. The molecule has 0 aromatic carbocycles. The van der Waals surface area contributed by atoms with Crippen molar-refractivity contribution in [1.82, 2.24) is 10.2 Å². The number of nitrogens with two attached hydrogens (primary N) is 1. The molecule has 1 heterocycles. The van der Waals surface area contributed by atoms with Gasteiger partial charge in [-0.3, -0.25) is 0 Å². The minimum atomic E-state index is -4.32. The van der Waals surface area contributed by atoms with E-state index in [-0.39, 0.29) is 11.9 Å². The van der Waals surface area contributed by atoms with E-state index in [2.05, 4.69) is 10.2 Å². The van der Waals surface area contributed by atoms with Crippen LogP contribution in [0.15, 0.2) is 4.42 Å². The van der Waals surface area contributed by atoms with Gasteiger partial charge >= 0.3 is 12.2 Å². The molecule has 1 unspecified atom stereocenters. The largest absolute Gasteiger partial charge is 0.406 e. The van der Waals surface area contributed by atoms with Crippen molar-refractivity contribution in [2.45, 2.75) is 19.1 Å². The molecule has 0 fully saturated rings. The van der Waals surface area contributed by atoms with Crippen LogP contribution in [0.25, 0.3) is 0 Å². The number of halogens is 3. The second-order valence-corrected chi connectivity index (χ2v) is 2.70. The maximum absolute atomic E-state index is 11.7. The lowest BCUT2D eigenvalue weighted by Crippen LogP contribution is -2.21. The van der Waals surface area contributed by atoms with E-state index in [1.54, 1.807) is 6.92 Å². The molecule has 0 saturated heterocycles. The average molecular weight is 210 g/mol. The fraction of sp³-hybridized carbons (Fsp3) is 0.667. The Kier molecular flexibility index (Phi) is 2.94. The summed E-state index contributed by atoms with van der Waals surface area (Å²) < 4.78 is 40.0. The SMILES string of the molecule is CC(N)c1nnc(NCC(F)(F)F)o1. The van der Waals surface area contributed by atoms with Gasteiger partial charge in [0, 0.05) is 0 Å². The zero-order valence-corrected chi connectivity index (χ0v) is 7.30. The monoisotopic (exact) mass is 210 g/mol. The van der Waals surface area contributed by atoms with Gasteiger partial charge in [0.15, 0.2) is 0 Å². The minimum absolute atomic E-state index is 0.0923. The zero-order chi connectivity index (χ0) is 10.8. The molecular weight excluding hydrogens is 201 g/mol. The Morgan fingerprint density at radius 1 is 1.50 bits per heavy atom. The van der Waals surface area contributed by atoms with E-state index in [9.17, 15) is 13.2 Å². The van der Waals surface area contributed by atoms with Crippen LogP contribution in [0.5, 0.6) is 0 Å². The molecule has 0 saturated carbocycles. The molecule has 0 amide bonds. The minimum Gasteiger partial charge on any atom is -0.406 e. The van der Waals surface area contributed by atoms with Crippen LogP contribution < -0.4 is 11.1 Å². The number of nitrogens with zero attached hydrogens (tertiary/aromatic N) is 2. The van der Waals surface area contributed by atoms with Crippen LogP contribution in [0.4, 0.5) is 19.2 Å². The van der Waals surface area contributed by atoms with Crippen LogP contribution in [0.1, 0.15) is 18.9 Å². The van der Waals surface area contributed by atoms with Crippen LogP contribution in [0.3, 0.4) is 0 Å². The fourth-order valence-electron chi connectivity index (χ4n) is 0.666. The summed E-state index contributed by atoms with van der Waals surface area (Å²) in [6.45, 7) is 0.370. The van der Waals surface area contributed by atoms with Gasteiger partial charge in [-0.1, -0.05) is 5.10 Å². The molecule has 1 aromatic rings. The van der Waals surface area contributed by atoms with Crippen molar-refractivity contribution < 1.29 is 17.6 Å². The van der Waals surface area contributed by atoms with Gasteiger partial charge in [-0.2, -0.15) is 13.2 Å². The molecule has 3 N–H and O–H groups in total. The summed E-state index contributed by atoms with van der Waals surface area (Å²) in [6, 6.07) is -0.779. The van der Waals surface area contributed by atoms with Crippen molar-refractivity contribution in [3.63, 3.8) is 0 Å². The van der Waals surface area contributed by atoms with Crippen molar-refractivity contribution in [1.29, 1.82) is 0 Å². The van der Waals surface area contributed by atoms with Gasteiger partial charge < -0.3 is 15.5 Å². The summed E-state index contributed by atoms with van der Waals surface area (Å²) in [5, 5.41) is 8.72. The number of nitrogens with one attached hydrogen (secondary N) is 1. The maximum Gasteiger partial charge on any atom is 0.405 e.